The van der Waals surface area contributed by atoms with Gasteiger partial charge in [0.05, 0.1) is 5.92 Å². The van der Waals surface area contributed by atoms with E-state index in [-0.39, 0.29) is 12.1 Å². The first kappa shape index (κ1) is 16.8. The molecule has 116 valence electrons. The molecule has 2 atom stereocenters. The molecule has 0 spiro atoms. The van der Waals surface area contributed by atoms with E-state index in [4.69, 9.17) is 0 Å². The van der Waals surface area contributed by atoms with E-state index in [2.05, 4.69) is 22.5 Å². The van der Waals surface area contributed by atoms with Gasteiger partial charge in [-0.05, 0) is 26.4 Å². The summed E-state index contributed by atoms with van der Waals surface area (Å²) in [6.45, 7) is 4.35. The molecule has 6 nitrogen and oxygen atoms in total. The Morgan fingerprint density at radius 3 is 2.60 bits per heavy atom. The molecule has 0 saturated heterocycles. The summed E-state index contributed by atoms with van der Waals surface area (Å²) in [5.41, 5.74) is 0. The summed E-state index contributed by atoms with van der Waals surface area (Å²) in [5, 5.41) is 14.9. The van der Waals surface area contributed by atoms with E-state index in [9.17, 15) is 14.7 Å². The number of carboxylic acids is 1. The highest BCUT2D eigenvalue weighted by molar-refractivity contribution is 5.76. The zero-order valence-corrected chi connectivity index (χ0v) is 12.5. The number of aliphatic carboxylic acids is 1. The first-order valence-corrected chi connectivity index (χ1v) is 7.50. The Bertz CT molecular complexity index is 323. The van der Waals surface area contributed by atoms with Gasteiger partial charge in [-0.1, -0.05) is 26.2 Å². The fraction of sp³-hybridized carbons (Fsp3) is 0.857. The normalized spacial score (nSPS) is 23.1. The minimum atomic E-state index is -0.803. The minimum Gasteiger partial charge on any atom is -0.481 e. The third kappa shape index (κ3) is 5.77. The lowest BCUT2D eigenvalue weighted by molar-refractivity contribution is -0.142. The number of nitrogens with one attached hydrogen (secondary N) is 2. The van der Waals surface area contributed by atoms with E-state index in [1.54, 1.807) is 0 Å². The van der Waals surface area contributed by atoms with E-state index in [0.717, 1.165) is 38.8 Å². The van der Waals surface area contributed by atoms with Gasteiger partial charge in [0, 0.05) is 19.1 Å². The number of carbonyl (C=O) groups is 2. The quantitative estimate of drug-likeness (QED) is 0.642. The number of carbonyl (C=O) groups excluding carboxylic acids is 1. The van der Waals surface area contributed by atoms with Crippen molar-refractivity contribution < 1.29 is 14.7 Å². The van der Waals surface area contributed by atoms with Crippen LogP contribution >= 0.6 is 0 Å². The van der Waals surface area contributed by atoms with Crippen molar-refractivity contribution in [2.24, 2.45) is 5.92 Å². The van der Waals surface area contributed by atoms with E-state index < -0.39 is 11.9 Å². The molecule has 1 rings (SSSR count). The topological polar surface area (TPSA) is 81.7 Å². The summed E-state index contributed by atoms with van der Waals surface area (Å²) in [5.74, 6) is -1.26. The van der Waals surface area contributed by atoms with E-state index in [0.29, 0.717) is 13.0 Å². The maximum atomic E-state index is 11.8. The number of amides is 2. The molecule has 1 aliphatic rings. The first-order chi connectivity index (χ1) is 9.54. The van der Waals surface area contributed by atoms with Gasteiger partial charge in [-0.2, -0.15) is 0 Å². The van der Waals surface area contributed by atoms with Crippen molar-refractivity contribution in [1.82, 2.24) is 15.5 Å². The van der Waals surface area contributed by atoms with E-state index >= 15 is 0 Å². The lowest BCUT2D eigenvalue weighted by atomic mass is 9.95. The molecular formula is C14H27N3O3. The average Bonchev–Trinajstić information content (AvgIpc) is 2.63. The van der Waals surface area contributed by atoms with Crippen molar-refractivity contribution in [3.05, 3.63) is 0 Å². The van der Waals surface area contributed by atoms with Gasteiger partial charge in [0.1, 0.15) is 0 Å². The molecule has 2 amide bonds. The molecule has 6 heteroatoms. The Morgan fingerprint density at radius 2 is 1.95 bits per heavy atom. The minimum absolute atomic E-state index is 0.251. The summed E-state index contributed by atoms with van der Waals surface area (Å²) in [7, 11) is 1.99. The van der Waals surface area contributed by atoms with Crippen LogP contribution in [0.4, 0.5) is 4.79 Å². The Kier molecular flexibility index (Phi) is 7.36. The molecule has 20 heavy (non-hydrogen) atoms. The molecule has 3 N–H and O–H groups in total. The number of rotatable bonds is 6. The Hall–Kier alpha value is -1.30. The molecule has 0 aromatic rings. The van der Waals surface area contributed by atoms with Crippen LogP contribution in [-0.2, 0) is 4.79 Å². The third-order valence-corrected chi connectivity index (χ3v) is 3.97. The van der Waals surface area contributed by atoms with Crippen molar-refractivity contribution in [3.8, 4) is 0 Å². The molecule has 0 aromatic heterocycles. The van der Waals surface area contributed by atoms with Crippen LogP contribution in [0.15, 0.2) is 0 Å². The molecule has 0 heterocycles. The Morgan fingerprint density at radius 1 is 1.25 bits per heavy atom. The van der Waals surface area contributed by atoms with Gasteiger partial charge in [0.2, 0.25) is 0 Å². The van der Waals surface area contributed by atoms with Crippen molar-refractivity contribution in [1.29, 1.82) is 0 Å². The second kappa shape index (κ2) is 8.79. The van der Waals surface area contributed by atoms with Gasteiger partial charge in [-0.15, -0.1) is 0 Å². The second-order valence-corrected chi connectivity index (χ2v) is 5.49. The lowest BCUT2D eigenvalue weighted by Crippen LogP contribution is -2.48. The van der Waals surface area contributed by atoms with Crippen LogP contribution in [0.1, 0.15) is 39.0 Å². The van der Waals surface area contributed by atoms with Gasteiger partial charge < -0.3 is 20.6 Å². The van der Waals surface area contributed by atoms with Gasteiger partial charge in [0.25, 0.3) is 0 Å². The van der Waals surface area contributed by atoms with Crippen molar-refractivity contribution in [3.63, 3.8) is 0 Å². The van der Waals surface area contributed by atoms with Gasteiger partial charge in [0.15, 0.2) is 0 Å². The fourth-order valence-electron chi connectivity index (χ4n) is 2.51. The maximum Gasteiger partial charge on any atom is 0.315 e. The van der Waals surface area contributed by atoms with Crippen LogP contribution in [0.25, 0.3) is 0 Å². The number of urea groups is 1. The van der Waals surface area contributed by atoms with E-state index in [1.165, 1.54) is 0 Å². The summed E-state index contributed by atoms with van der Waals surface area (Å²) in [6, 6.07) is -0.508. The standard InChI is InChI=1S/C14H27N3O3/c1-3-17(2)10-9-15-14(20)16-12-8-6-4-5-7-11(12)13(18)19/h11-12H,3-10H2,1-2H3,(H,18,19)(H2,15,16,20). The SMILES string of the molecule is CCN(C)CCNC(=O)NC1CCCCCC1C(=O)O. The monoisotopic (exact) mass is 285 g/mol. The Labute approximate surface area is 120 Å². The average molecular weight is 285 g/mol. The number of nitrogens with zero attached hydrogens (tertiary/aromatic N) is 1. The van der Waals surface area contributed by atoms with Gasteiger partial charge in [-0.3, -0.25) is 4.79 Å². The zero-order valence-electron chi connectivity index (χ0n) is 12.5. The van der Waals surface area contributed by atoms with Crippen LogP contribution in [-0.4, -0.2) is 54.7 Å². The predicted octanol–water partition coefficient (Wildman–Crippen LogP) is 1.27. The molecular weight excluding hydrogens is 258 g/mol. The summed E-state index contributed by atoms with van der Waals surface area (Å²) in [4.78, 5) is 25.2. The summed E-state index contributed by atoms with van der Waals surface area (Å²) < 4.78 is 0. The van der Waals surface area contributed by atoms with Crippen LogP contribution in [0.3, 0.4) is 0 Å². The van der Waals surface area contributed by atoms with Crippen molar-refractivity contribution >= 4 is 12.0 Å². The van der Waals surface area contributed by atoms with Gasteiger partial charge >= 0.3 is 12.0 Å². The smallest absolute Gasteiger partial charge is 0.315 e. The molecule has 0 aromatic carbocycles. The number of hydrogen-bond donors (Lipinski definition) is 3. The highest BCUT2D eigenvalue weighted by Gasteiger charge is 2.30. The van der Waals surface area contributed by atoms with Crippen LogP contribution < -0.4 is 10.6 Å². The Balaban J connectivity index is 2.39. The second-order valence-electron chi connectivity index (χ2n) is 5.49. The third-order valence-electron chi connectivity index (χ3n) is 3.97. The zero-order chi connectivity index (χ0) is 15.0. The number of hydrogen-bond acceptors (Lipinski definition) is 3. The molecule has 2 unspecified atom stereocenters. The summed E-state index contributed by atoms with van der Waals surface area (Å²) >= 11 is 0. The number of carboxylic acid groups (broad SMARTS) is 1. The molecule has 1 fully saturated rings. The van der Waals surface area contributed by atoms with E-state index in [1.807, 2.05) is 7.05 Å². The molecule has 0 aliphatic heterocycles. The molecule has 0 bridgehead atoms. The lowest BCUT2D eigenvalue weighted by Gasteiger charge is -2.23. The van der Waals surface area contributed by atoms with Gasteiger partial charge in [-0.25, -0.2) is 4.79 Å². The highest BCUT2D eigenvalue weighted by atomic mass is 16.4. The summed E-state index contributed by atoms with van der Waals surface area (Å²) in [6.07, 6.45) is 4.36. The van der Waals surface area contributed by atoms with Crippen LogP contribution in [0.2, 0.25) is 0 Å². The van der Waals surface area contributed by atoms with Crippen molar-refractivity contribution in [2.45, 2.75) is 45.1 Å². The number of likely N-dealkylation sites (N-methyl/N-ethyl adjacent to an activating group) is 1. The molecule has 1 aliphatic carbocycles. The highest BCUT2D eigenvalue weighted by Crippen LogP contribution is 2.23. The maximum absolute atomic E-state index is 11.8. The molecule has 0 radical (unpaired) electrons. The van der Waals surface area contributed by atoms with Crippen molar-refractivity contribution in [2.75, 3.05) is 26.7 Å². The molecule has 1 saturated carbocycles. The fourth-order valence-corrected chi connectivity index (χ4v) is 2.51. The predicted molar refractivity (Wildman–Crippen MR) is 77.7 cm³/mol. The first-order valence-electron chi connectivity index (χ1n) is 7.50. The largest absolute Gasteiger partial charge is 0.481 e. The van der Waals surface area contributed by atoms with Crippen LogP contribution in [0.5, 0.6) is 0 Å². The van der Waals surface area contributed by atoms with Crippen LogP contribution in [0, 0.1) is 5.92 Å².